The Hall–Kier alpha value is -2.51. The molecule has 6 nitrogen and oxygen atoms in total. The lowest BCUT2D eigenvalue weighted by molar-refractivity contribution is -0.751. The Morgan fingerprint density at radius 2 is 2.28 bits per heavy atom. The summed E-state index contributed by atoms with van der Waals surface area (Å²) in [6.07, 6.45) is 4.22. The molecule has 1 fully saturated rings. The molecule has 0 radical (unpaired) electrons. The highest BCUT2D eigenvalue weighted by Crippen LogP contribution is 2.22. The molecule has 1 amide bonds. The van der Waals surface area contributed by atoms with Gasteiger partial charge in [-0.1, -0.05) is 10.7 Å². The van der Waals surface area contributed by atoms with Crippen LogP contribution in [0.25, 0.3) is 0 Å². The third kappa shape index (κ3) is 4.52. The molecule has 1 unspecified atom stereocenters. The largest absolute Gasteiger partial charge is 0.539 e. The summed E-state index contributed by atoms with van der Waals surface area (Å²) in [5.74, 6) is -1.57. The van der Waals surface area contributed by atoms with Crippen LogP contribution in [0.1, 0.15) is 24.8 Å². The topological polar surface area (TPSA) is 73.3 Å². The maximum Gasteiger partial charge on any atom is 0.291 e. The van der Waals surface area contributed by atoms with E-state index in [0.29, 0.717) is 25.1 Å². The number of halogens is 2. The first kappa shape index (κ1) is 17.3. The van der Waals surface area contributed by atoms with Gasteiger partial charge in [0.15, 0.2) is 0 Å². The highest BCUT2D eigenvalue weighted by molar-refractivity contribution is 5.74. The van der Waals surface area contributed by atoms with Crippen molar-refractivity contribution in [2.75, 3.05) is 13.1 Å². The lowest BCUT2D eigenvalue weighted by Crippen LogP contribution is -2.48. The van der Waals surface area contributed by atoms with Crippen LogP contribution in [-0.4, -0.2) is 29.2 Å². The second-order valence-electron chi connectivity index (χ2n) is 6.34. The van der Waals surface area contributed by atoms with Crippen LogP contribution in [0.2, 0.25) is 0 Å². The van der Waals surface area contributed by atoms with Crippen LogP contribution in [0, 0.1) is 17.6 Å². The molecule has 0 aliphatic carbocycles. The molecule has 8 heteroatoms. The average molecular weight is 351 g/mol. The van der Waals surface area contributed by atoms with E-state index in [1.54, 1.807) is 4.90 Å². The lowest BCUT2D eigenvalue weighted by atomic mass is 9.91. The highest BCUT2D eigenvalue weighted by Gasteiger charge is 2.26. The maximum atomic E-state index is 13.7. The van der Waals surface area contributed by atoms with Crippen LogP contribution in [0.5, 0.6) is 5.95 Å². The zero-order chi connectivity index (χ0) is 17.8. The molecule has 1 atom stereocenters. The minimum Gasteiger partial charge on any atom is -0.539 e. The van der Waals surface area contributed by atoms with Gasteiger partial charge in [-0.2, -0.15) is 0 Å². The Balaban J connectivity index is 1.53. The smallest absolute Gasteiger partial charge is 0.291 e. The monoisotopic (exact) mass is 351 g/mol. The van der Waals surface area contributed by atoms with Crippen molar-refractivity contribution in [2.45, 2.75) is 32.2 Å². The predicted molar refractivity (Wildman–Crippen MR) is 80.1 cm³/mol. The molecule has 0 bridgehead atoms. The number of hydrogen-bond acceptors (Lipinski definition) is 4. The summed E-state index contributed by atoms with van der Waals surface area (Å²) in [5.41, 5.74) is 0.492. The van der Waals surface area contributed by atoms with E-state index in [1.165, 1.54) is 16.8 Å². The van der Waals surface area contributed by atoms with Crippen LogP contribution in [0.15, 0.2) is 28.9 Å². The van der Waals surface area contributed by atoms with Crippen LogP contribution in [0.4, 0.5) is 8.78 Å². The van der Waals surface area contributed by atoms with Gasteiger partial charge in [0.05, 0.1) is 5.27 Å². The fraction of sp³-hybridized carbons (Fsp3) is 0.471. The summed E-state index contributed by atoms with van der Waals surface area (Å²) >= 11 is 0. The molecule has 2 aromatic rings. The summed E-state index contributed by atoms with van der Waals surface area (Å²) in [6.45, 7) is 1.21. The summed E-state index contributed by atoms with van der Waals surface area (Å²) in [5, 5.41) is 14.4. The fourth-order valence-corrected chi connectivity index (χ4v) is 3.19. The van der Waals surface area contributed by atoms with Crippen molar-refractivity contribution in [1.82, 2.24) is 10.2 Å². The second-order valence-corrected chi connectivity index (χ2v) is 6.34. The van der Waals surface area contributed by atoms with E-state index >= 15 is 0 Å². The number of aryl methyl sites for hydroxylation is 1. The van der Waals surface area contributed by atoms with Crippen molar-refractivity contribution < 1.29 is 27.9 Å². The summed E-state index contributed by atoms with van der Waals surface area (Å²) in [4.78, 5) is 14.0. The Labute approximate surface area is 143 Å². The van der Waals surface area contributed by atoms with Gasteiger partial charge in [0, 0.05) is 19.2 Å². The number of amides is 1. The minimum absolute atomic E-state index is 0.0367. The van der Waals surface area contributed by atoms with Gasteiger partial charge >= 0.3 is 0 Å². The van der Waals surface area contributed by atoms with E-state index in [1.807, 2.05) is 0 Å². The number of aromatic nitrogens is 2. The second kappa shape index (κ2) is 7.58. The molecular formula is C17H19F2N3O3. The third-order valence-electron chi connectivity index (χ3n) is 4.50. The Kier molecular flexibility index (Phi) is 5.25. The molecule has 1 aromatic heterocycles. The van der Waals surface area contributed by atoms with Gasteiger partial charge in [-0.15, -0.1) is 0 Å². The van der Waals surface area contributed by atoms with Crippen molar-refractivity contribution in [1.29, 1.82) is 0 Å². The third-order valence-corrected chi connectivity index (χ3v) is 4.50. The molecule has 1 aromatic carbocycles. The molecule has 0 N–H and O–H groups in total. The fourth-order valence-electron chi connectivity index (χ4n) is 3.19. The maximum absolute atomic E-state index is 13.7. The van der Waals surface area contributed by atoms with Gasteiger partial charge < -0.3 is 14.5 Å². The molecular weight excluding hydrogens is 332 g/mol. The van der Waals surface area contributed by atoms with E-state index in [-0.39, 0.29) is 18.4 Å². The number of carbonyl (C=O) groups excluding carboxylic acids is 1. The van der Waals surface area contributed by atoms with Crippen LogP contribution < -0.4 is 9.79 Å². The van der Waals surface area contributed by atoms with Crippen molar-refractivity contribution >= 4 is 5.91 Å². The highest BCUT2D eigenvalue weighted by atomic mass is 19.1. The van der Waals surface area contributed by atoms with Gasteiger partial charge in [0.2, 0.25) is 6.20 Å². The van der Waals surface area contributed by atoms with Gasteiger partial charge in [-0.25, -0.2) is 8.78 Å². The van der Waals surface area contributed by atoms with E-state index in [0.717, 1.165) is 31.5 Å². The van der Waals surface area contributed by atoms with Crippen molar-refractivity contribution in [3.05, 3.63) is 41.6 Å². The summed E-state index contributed by atoms with van der Waals surface area (Å²) in [6, 6.07) is 3.62. The number of nitrogens with zero attached hydrogens (tertiary/aromatic N) is 3. The average Bonchev–Trinajstić information content (AvgIpc) is 2.99. The van der Waals surface area contributed by atoms with Crippen LogP contribution in [0.3, 0.4) is 0 Å². The lowest BCUT2D eigenvalue weighted by Gasteiger charge is -2.32. The molecule has 25 heavy (non-hydrogen) atoms. The Morgan fingerprint density at radius 3 is 3.00 bits per heavy atom. The van der Waals surface area contributed by atoms with E-state index in [4.69, 9.17) is 0 Å². The number of carbonyl (C=O) groups is 1. The van der Waals surface area contributed by atoms with E-state index < -0.39 is 17.6 Å². The van der Waals surface area contributed by atoms with Crippen molar-refractivity contribution in [3.63, 3.8) is 0 Å². The first-order chi connectivity index (χ1) is 12.0. The first-order valence-corrected chi connectivity index (χ1v) is 8.26. The van der Waals surface area contributed by atoms with Gasteiger partial charge in [0.25, 0.3) is 12.5 Å². The van der Waals surface area contributed by atoms with Gasteiger partial charge in [-0.05, 0) is 43.2 Å². The van der Waals surface area contributed by atoms with Crippen molar-refractivity contribution in [3.8, 4) is 5.95 Å². The molecule has 1 aliphatic heterocycles. The number of benzene rings is 1. The normalized spacial score (nSPS) is 17.7. The number of likely N-dealkylation sites (tertiary alicyclic amines) is 1. The van der Waals surface area contributed by atoms with Crippen molar-refractivity contribution in [2.24, 2.45) is 5.92 Å². The SMILES string of the molecule is O=C(C[n+]1cc([O-])on1)N1CCCC(CCc2ccc(F)cc2F)C1. The summed E-state index contributed by atoms with van der Waals surface area (Å²) < 4.78 is 32.2. The molecule has 2 heterocycles. The number of piperidine rings is 1. The molecule has 134 valence electrons. The first-order valence-electron chi connectivity index (χ1n) is 8.26. The predicted octanol–water partition coefficient (Wildman–Crippen LogP) is 1.19. The van der Waals surface area contributed by atoms with E-state index in [2.05, 4.69) is 9.79 Å². The number of hydrogen-bond donors (Lipinski definition) is 0. The standard InChI is InChI=1S/C17H19F2N3O3/c18-14-6-5-13(15(19)8-14)4-3-12-2-1-7-21(9-12)16(23)10-22-11-17(24)25-20-22/h5-6,8,11-12H,1-4,7,9-10H2. The quantitative estimate of drug-likeness (QED) is 0.759. The molecule has 1 aliphatic rings. The van der Waals surface area contributed by atoms with E-state index in [9.17, 15) is 18.7 Å². The number of rotatable bonds is 5. The molecule has 0 spiro atoms. The summed E-state index contributed by atoms with van der Waals surface area (Å²) in [7, 11) is 0. The van der Waals surface area contributed by atoms with Crippen LogP contribution in [-0.2, 0) is 17.8 Å². The molecule has 1 saturated heterocycles. The van der Waals surface area contributed by atoms with Gasteiger partial charge in [0.1, 0.15) is 17.6 Å². The van der Waals surface area contributed by atoms with Crippen LogP contribution >= 0.6 is 0 Å². The molecule has 3 rings (SSSR count). The van der Waals surface area contributed by atoms with Gasteiger partial charge in [-0.3, -0.25) is 4.79 Å². The Bertz CT molecular complexity index is 750. The minimum atomic E-state index is -0.592. The Morgan fingerprint density at radius 1 is 1.44 bits per heavy atom. The zero-order valence-electron chi connectivity index (χ0n) is 13.7. The molecule has 0 saturated carbocycles. The zero-order valence-corrected chi connectivity index (χ0v) is 13.7.